The smallest absolute Gasteiger partial charge is 0.232 e. The molecule has 0 saturated carbocycles. The molecule has 0 amide bonds. The summed E-state index contributed by atoms with van der Waals surface area (Å²) in [5.74, 6) is 2.42. The van der Waals surface area contributed by atoms with Gasteiger partial charge in [0, 0.05) is 39.3 Å². The second kappa shape index (κ2) is 9.33. The highest BCUT2D eigenvalue weighted by atomic mass is 16.7. The van der Waals surface area contributed by atoms with Gasteiger partial charge in [0.25, 0.3) is 0 Å². The largest absolute Gasteiger partial charge is 0.507 e. The number of nitrogens with zero attached hydrogens (tertiary/aromatic N) is 2. The third-order valence-corrected chi connectivity index (χ3v) is 7.01. The summed E-state index contributed by atoms with van der Waals surface area (Å²) in [5, 5.41) is 10.8. The van der Waals surface area contributed by atoms with Crippen LogP contribution >= 0.6 is 0 Å². The van der Waals surface area contributed by atoms with Gasteiger partial charge in [0.15, 0.2) is 17.3 Å². The monoisotopic (exact) mass is 484 g/mol. The fourth-order valence-electron chi connectivity index (χ4n) is 5.06. The van der Waals surface area contributed by atoms with Gasteiger partial charge < -0.3 is 19.3 Å². The Morgan fingerprint density at radius 3 is 2.42 bits per heavy atom. The Morgan fingerprint density at radius 2 is 1.64 bits per heavy atom. The van der Waals surface area contributed by atoms with E-state index in [2.05, 4.69) is 21.9 Å². The first-order valence-electron chi connectivity index (χ1n) is 12.2. The summed E-state index contributed by atoms with van der Waals surface area (Å²) in [5.41, 5.74) is 4.04. The molecule has 7 nitrogen and oxygen atoms in total. The average Bonchev–Trinajstić information content (AvgIpc) is 3.48. The second-order valence-electron chi connectivity index (χ2n) is 9.49. The van der Waals surface area contributed by atoms with Crippen LogP contribution in [0, 0.1) is 6.92 Å². The maximum absolute atomic E-state index is 13.2. The fraction of sp³-hybridized carbons (Fsp3) is 0.276. The molecule has 0 atom stereocenters. The summed E-state index contributed by atoms with van der Waals surface area (Å²) < 4.78 is 17.0. The Labute approximate surface area is 210 Å². The lowest BCUT2D eigenvalue weighted by Gasteiger charge is -2.35. The van der Waals surface area contributed by atoms with Crippen LogP contribution in [0.5, 0.6) is 23.0 Å². The molecule has 3 aromatic carbocycles. The van der Waals surface area contributed by atoms with Gasteiger partial charge in [0.1, 0.15) is 11.5 Å². The first kappa shape index (κ1) is 22.6. The zero-order chi connectivity index (χ0) is 24.6. The molecule has 0 unspecified atom stereocenters. The van der Waals surface area contributed by atoms with Crippen molar-refractivity contribution in [3.63, 3.8) is 0 Å². The number of hydrogen-bond donors (Lipinski definition) is 1. The van der Waals surface area contributed by atoms with Gasteiger partial charge in [-0.05, 0) is 47.9 Å². The van der Waals surface area contributed by atoms with Crippen LogP contribution in [-0.4, -0.2) is 53.7 Å². The molecule has 0 aromatic heterocycles. The lowest BCUT2D eigenvalue weighted by molar-refractivity contribution is 0.101. The number of aryl methyl sites for hydroxylation is 1. The van der Waals surface area contributed by atoms with Crippen LogP contribution in [0.15, 0.2) is 60.4 Å². The number of benzene rings is 3. The number of Topliss-reactive ketones (excluding diaryl/α,β-unsaturated/α-hetero) is 1. The zero-order valence-corrected chi connectivity index (χ0v) is 20.2. The van der Waals surface area contributed by atoms with Crippen molar-refractivity contribution in [2.24, 2.45) is 0 Å². The van der Waals surface area contributed by atoms with Crippen molar-refractivity contribution >= 4 is 11.9 Å². The molecule has 0 radical (unpaired) electrons. The number of ether oxygens (including phenoxy) is 3. The number of fused-ring (bicyclic) bond motifs is 2. The molecule has 1 saturated heterocycles. The Bertz CT molecular complexity index is 1340. The Kier molecular flexibility index (Phi) is 5.87. The lowest BCUT2D eigenvalue weighted by atomic mass is 9.99. The van der Waals surface area contributed by atoms with E-state index in [4.69, 9.17) is 14.2 Å². The molecular weight excluding hydrogens is 456 g/mol. The minimum Gasteiger partial charge on any atom is -0.507 e. The van der Waals surface area contributed by atoms with E-state index >= 15 is 0 Å². The quantitative estimate of drug-likeness (QED) is 0.540. The molecule has 3 aliphatic heterocycles. The molecular formula is C29H28N2O5. The minimum absolute atomic E-state index is 0.138. The van der Waals surface area contributed by atoms with Gasteiger partial charge in [-0.2, -0.15) is 0 Å². The van der Waals surface area contributed by atoms with Crippen LogP contribution < -0.4 is 14.2 Å². The zero-order valence-electron chi connectivity index (χ0n) is 20.2. The van der Waals surface area contributed by atoms with Gasteiger partial charge in [-0.15, -0.1) is 0 Å². The predicted octanol–water partition coefficient (Wildman–Crippen LogP) is 4.36. The van der Waals surface area contributed by atoms with Crippen molar-refractivity contribution in [2.45, 2.75) is 20.0 Å². The number of phenolic OH excluding ortho intramolecular Hbond substituents is 1. The van der Waals surface area contributed by atoms with Crippen molar-refractivity contribution in [3.05, 3.63) is 88.2 Å². The van der Waals surface area contributed by atoms with Gasteiger partial charge >= 0.3 is 0 Å². The van der Waals surface area contributed by atoms with E-state index < -0.39 is 0 Å². The predicted molar refractivity (Wildman–Crippen MR) is 135 cm³/mol. The van der Waals surface area contributed by atoms with Crippen LogP contribution in [0.1, 0.15) is 32.6 Å². The summed E-state index contributed by atoms with van der Waals surface area (Å²) in [6, 6.07) is 17.4. The highest BCUT2D eigenvalue weighted by Crippen LogP contribution is 2.42. The molecule has 3 aromatic rings. The molecule has 0 aliphatic carbocycles. The molecule has 36 heavy (non-hydrogen) atoms. The SMILES string of the molecule is Cc1cc(O)c(CN2CCN(Cc3ccc4c(c3)OCO4)CC2)c2c1C(=O)/C(=C/c1ccccc1)O2. The first-order chi connectivity index (χ1) is 17.5. The van der Waals surface area contributed by atoms with Gasteiger partial charge in [-0.1, -0.05) is 36.4 Å². The summed E-state index contributed by atoms with van der Waals surface area (Å²) >= 11 is 0. The normalized spacial score (nSPS) is 18.5. The third-order valence-electron chi connectivity index (χ3n) is 7.01. The molecule has 6 rings (SSSR count). The van der Waals surface area contributed by atoms with Crippen LogP contribution in [0.25, 0.3) is 6.08 Å². The van der Waals surface area contributed by atoms with Crippen molar-refractivity contribution < 1.29 is 24.1 Å². The molecule has 1 N–H and O–H groups in total. The van der Waals surface area contributed by atoms with E-state index in [9.17, 15) is 9.90 Å². The molecule has 0 spiro atoms. The van der Waals surface area contributed by atoms with Crippen LogP contribution in [0.4, 0.5) is 0 Å². The summed E-state index contributed by atoms with van der Waals surface area (Å²) in [6.07, 6.45) is 1.76. The van der Waals surface area contributed by atoms with E-state index in [0.717, 1.165) is 55.3 Å². The summed E-state index contributed by atoms with van der Waals surface area (Å²) in [7, 11) is 0. The van der Waals surface area contributed by atoms with Crippen molar-refractivity contribution in [1.29, 1.82) is 0 Å². The Balaban J connectivity index is 1.15. The van der Waals surface area contributed by atoms with Crippen molar-refractivity contribution in [3.8, 4) is 23.0 Å². The van der Waals surface area contributed by atoms with Gasteiger partial charge in [-0.25, -0.2) is 0 Å². The molecule has 7 heteroatoms. The van der Waals surface area contributed by atoms with Gasteiger partial charge in [-0.3, -0.25) is 14.6 Å². The lowest BCUT2D eigenvalue weighted by Crippen LogP contribution is -2.45. The number of hydrogen-bond acceptors (Lipinski definition) is 7. The number of aromatic hydroxyl groups is 1. The van der Waals surface area contributed by atoms with Crippen LogP contribution in [0.2, 0.25) is 0 Å². The molecule has 3 aliphatic rings. The highest BCUT2D eigenvalue weighted by molar-refractivity contribution is 6.15. The topological polar surface area (TPSA) is 71.5 Å². The summed E-state index contributed by atoms with van der Waals surface area (Å²) in [4.78, 5) is 17.9. The molecule has 0 bridgehead atoms. The third kappa shape index (κ3) is 4.32. The molecule has 184 valence electrons. The number of allylic oxidation sites excluding steroid dienone is 1. The van der Waals surface area contributed by atoms with Crippen molar-refractivity contribution in [1.82, 2.24) is 9.80 Å². The number of piperazine rings is 1. The second-order valence-corrected chi connectivity index (χ2v) is 9.49. The van der Waals surface area contributed by atoms with E-state index in [1.807, 2.05) is 43.3 Å². The minimum atomic E-state index is -0.138. The van der Waals surface area contributed by atoms with Gasteiger partial charge in [0.2, 0.25) is 12.6 Å². The van der Waals surface area contributed by atoms with E-state index in [1.165, 1.54) is 5.56 Å². The number of carbonyl (C=O) groups excluding carboxylic acids is 1. The fourth-order valence-corrected chi connectivity index (χ4v) is 5.06. The van der Waals surface area contributed by atoms with Crippen LogP contribution in [-0.2, 0) is 13.1 Å². The Morgan fingerprint density at radius 1 is 0.917 bits per heavy atom. The number of phenols is 1. The van der Waals surface area contributed by atoms with E-state index in [-0.39, 0.29) is 18.3 Å². The van der Waals surface area contributed by atoms with Crippen molar-refractivity contribution in [2.75, 3.05) is 33.0 Å². The first-order valence-corrected chi connectivity index (χ1v) is 12.2. The van der Waals surface area contributed by atoms with E-state index in [1.54, 1.807) is 12.1 Å². The number of rotatable bonds is 5. The molecule has 1 fully saturated rings. The standard InChI is InChI=1S/C29H28N2O5/c1-19-13-23(32)22(29-27(19)28(33)26(36-29)14-20-5-3-2-4-6-20)17-31-11-9-30(10-12-31)16-21-7-8-24-25(15-21)35-18-34-24/h2-8,13-15,32H,9-12,16-18H2,1H3/b26-14-. The highest BCUT2D eigenvalue weighted by Gasteiger charge is 2.34. The molecule has 3 heterocycles. The maximum Gasteiger partial charge on any atom is 0.232 e. The Hall–Kier alpha value is -3.81. The average molecular weight is 485 g/mol. The summed E-state index contributed by atoms with van der Waals surface area (Å²) in [6.45, 7) is 7.01. The van der Waals surface area contributed by atoms with E-state index in [0.29, 0.717) is 29.2 Å². The van der Waals surface area contributed by atoms with Gasteiger partial charge in [0.05, 0.1) is 11.1 Å². The number of carbonyl (C=O) groups is 1. The van der Waals surface area contributed by atoms with Crippen LogP contribution in [0.3, 0.4) is 0 Å². The maximum atomic E-state index is 13.2. The number of ketones is 1.